The Morgan fingerprint density at radius 2 is 1.67 bits per heavy atom. The maximum atomic E-state index is 5.55. The molecule has 0 aliphatic rings. The summed E-state index contributed by atoms with van der Waals surface area (Å²) < 4.78 is 25.2. The van der Waals surface area contributed by atoms with Gasteiger partial charge in [0.05, 0.1) is 32.4 Å². The topological polar surface area (TPSA) is 90.7 Å². The van der Waals surface area contributed by atoms with Crippen molar-refractivity contribution in [3.8, 4) is 17.2 Å². The highest BCUT2D eigenvalue weighted by atomic mass is 32.2. The average molecular weight is 424 g/mol. The number of methoxy groups -OCH3 is 3. The van der Waals surface area contributed by atoms with E-state index in [0.29, 0.717) is 34.5 Å². The van der Waals surface area contributed by atoms with Crippen LogP contribution in [0.5, 0.6) is 17.2 Å². The standard InChI is InChI=1S/C21H20N4O4S/c1-26-15-7-6-8-16(27-2)20(15)30-25-21-13-11-18(28-3)14(12-17(13)29-24-21)23-19-9-4-5-10-22-19/h4-12H,1-3H3,(H,22,23)(H,24,25). The Kier molecular flexibility index (Phi) is 5.80. The summed E-state index contributed by atoms with van der Waals surface area (Å²) in [7, 11) is 4.84. The number of hydrogen-bond donors (Lipinski definition) is 2. The quantitative estimate of drug-likeness (QED) is 0.374. The number of ether oxygens (including phenoxy) is 3. The van der Waals surface area contributed by atoms with Gasteiger partial charge < -0.3 is 28.8 Å². The lowest BCUT2D eigenvalue weighted by Gasteiger charge is -2.12. The maximum absolute atomic E-state index is 5.55. The molecule has 4 rings (SSSR count). The van der Waals surface area contributed by atoms with E-state index in [1.807, 2.05) is 48.5 Å². The Balaban J connectivity index is 1.62. The summed E-state index contributed by atoms with van der Waals surface area (Å²) in [4.78, 5) is 5.08. The normalized spacial score (nSPS) is 10.6. The molecule has 2 aromatic heterocycles. The van der Waals surface area contributed by atoms with Crippen molar-refractivity contribution in [1.82, 2.24) is 10.1 Å². The molecule has 0 aliphatic carbocycles. The molecule has 0 fully saturated rings. The van der Waals surface area contributed by atoms with E-state index in [9.17, 15) is 0 Å². The first-order valence-electron chi connectivity index (χ1n) is 9.02. The minimum Gasteiger partial charge on any atom is -0.495 e. The first-order valence-corrected chi connectivity index (χ1v) is 9.84. The number of fused-ring (bicyclic) bond motifs is 1. The van der Waals surface area contributed by atoms with Crippen molar-refractivity contribution in [2.45, 2.75) is 4.90 Å². The van der Waals surface area contributed by atoms with E-state index in [4.69, 9.17) is 18.7 Å². The molecule has 30 heavy (non-hydrogen) atoms. The highest BCUT2D eigenvalue weighted by molar-refractivity contribution is 8.00. The lowest BCUT2D eigenvalue weighted by atomic mass is 10.2. The number of hydrogen-bond acceptors (Lipinski definition) is 9. The lowest BCUT2D eigenvalue weighted by Crippen LogP contribution is -1.97. The highest BCUT2D eigenvalue weighted by Gasteiger charge is 2.16. The smallest absolute Gasteiger partial charge is 0.187 e. The first kappa shape index (κ1) is 19.7. The molecule has 9 heteroatoms. The van der Waals surface area contributed by atoms with Crippen LogP contribution < -0.4 is 24.2 Å². The largest absolute Gasteiger partial charge is 0.495 e. The SMILES string of the molecule is COc1cc2c(NSc3c(OC)cccc3OC)noc2cc1Nc1ccccn1. The zero-order valence-corrected chi connectivity index (χ0v) is 17.4. The molecule has 154 valence electrons. The van der Waals surface area contributed by atoms with Crippen LogP contribution in [0.3, 0.4) is 0 Å². The van der Waals surface area contributed by atoms with Gasteiger partial charge in [-0.05, 0) is 42.3 Å². The van der Waals surface area contributed by atoms with Gasteiger partial charge in [0.15, 0.2) is 11.4 Å². The van der Waals surface area contributed by atoms with Gasteiger partial charge >= 0.3 is 0 Å². The average Bonchev–Trinajstić information content (AvgIpc) is 3.19. The fourth-order valence-electron chi connectivity index (χ4n) is 2.90. The van der Waals surface area contributed by atoms with Crippen LogP contribution in [0.15, 0.2) is 64.1 Å². The van der Waals surface area contributed by atoms with Crippen LogP contribution in [-0.4, -0.2) is 31.5 Å². The van der Waals surface area contributed by atoms with E-state index in [-0.39, 0.29) is 0 Å². The van der Waals surface area contributed by atoms with Crippen molar-refractivity contribution in [3.05, 3.63) is 54.7 Å². The van der Waals surface area contributed by atoms with Crippen molar-refractivity contribution in [3.63, 3.8) is 0 Å². The Morgan fingerprint density at radius 3 is 2.33 bits per heavy atom. The van der Waals surface area contributed by atoms with Gasteiger partial charge in [0.25, 0.3) is 0 Å². The van der Waals surface area contributed by atoms with Gasteiger partial charge in [0, 0.05) is 12.3 Å². The second kappa shape index (κ2) is 8.83. The zero-order chi connectivity index (χ0) is 20.9. The third-order valence-corrected chi connectivity index (χ3v) is 5.25. The van der Waals surface area contributed by atoms with Gasteiger partial charge in [-0.15, -0.1) is 0 Å². The number of anilines is 3. The van der Waals surface area contributed by atoms with Crippen LogP contribution in [0.4, 0.5) is 17.3 Å². The molecule has 0 bridgehead atoms. The first-order chi connectivity index (χ1) is 14.7. The van der Waals surface area contributed by atoms with Crippen LogP contribution in [0.1, 0.15) is 0 Å². The molecule has 2 aromatic carbocycles. The number of benzene rings is 2. The molecular formula is C21H20N4O4S. The summed E-state index contributed by atoms with van der Waals surface area (Å²) in [5, 5.41) is 8.17. The van der Waals surface area contributed by atoms with Crippen molar-refractivity contribution in [2.75, 3.05) is 31.4 Å². The molecule has 0 unspecified atom stereocenters. The van der Waals surface area contributed by atoms with Crippen LogP contribution in [-0.2, 0) is 0 Å². The van der Waals surface area contributed by atoms with E-state index in [0.717, 1.165) is 16.0 Å². The highest BCUT2D eigenvalue weighted by Crippen LogP contribution is 2.40. The minimum absolute atomic E-state index is 0.561. The lowest BCUT2D eigenvalue weighted by molar-refractivity contribution is 0.376. The second-order valence-corrected chi connectivity index (χ2v) is 6.93. The van der Waals surface area contributed by atoms with E-state index >= 15 is 0 Å². The maximum Gasteiger partial charge on any atom is 0.187 e. The van der Waals surface area contributed by atoms with Gasteiger partial charge in [-0.2, -0.15) is 0 Å². The molecule has 0 aliphatic heterocycles. The monoisotopic (exact) mass is 424 g/mol. The predicted octanol–water partition coefficient (Wildman–Crippen LogP) is 5.11. The summed E-state index contributed by atoms with van der Waals surface area (Å²) in [5.74, 6) is 3.29. The summed E-state index contributed by atoms with van der Waals surface area (Å²) >= 11 is 1.33. The Labute approximate surface area is 177 Å². The van der Waals surface area contributed by atoms with Crippen molar-refractivity contribution in [1.29, 1.82) is 0 Å². The molecule has 0 amide bonds. The molecule has 2 heterocycles. The van der Waals surface area contributed by atoms with E-state index < -0.39 is 0 Å². The van der Waals surface area contributed by atoms with Crippen molar-refractivity contribution >= 4 is 40.2 Å². The number of aromatic nitrogens is 2. The van der Waals surface area contributed by atoms with E-state index in [1.165, 1.54) is 11.9 Å². The predicted molar refractivity (Wildman–Crippen MR) is 117 cm³/mol. The van der Waals surface area contributed by atoms with Crippen LogP contribution in [0.25, 0.3) is 11.0 Å². The van der Waals surface area contributed by atoms with E-state index in [1.54, 1.807) is 27.5 Å². The molecule has 0 atom stereocenters. The van der Waals surface area contributed by atoms with Crippen LogP contribution >= 0.6 is 11.9 Å². The Morgan fingerprint density at radius 1 is 0.900 bits per heavy atom. The molecule has 4 aromatic rings. The zero-order valence-electron chi connectivity index (χ0n) is 16.6. The summed E-state index contributed by atoms with van der Waals surface area (Å²) in [6.07, 6.45) is 1.72. The molecule has 2 N–H and O–H groups in total. The molecular weight excluding hydrogens is 404 g/mol. The van der Waals surface area contributed by atoms with Gasteiger partial charge in [0.2, 0.25) is 0 Å². The molecule has 0 saturated carbocycles. The Hall–Kier alpha value is -3.59. The second-order valence-electron chi connectivity index (χ2n) is 6.12. The number of pyridine rings is 1. The Bertz CT molecular complexity index is 1130. The summed E-state index contributed by atoms with van der Waals surface area (Å²) in [6, 6.07) is 14.9. The van der Waals surface area contributed by atoms with Crippen molar-refractivity contribution in [2.24, 2.45) is 0 Å². The molecule has 0 radical (unpaired) electrons. The third kappa shape index (κ3) is 3.92. The van der Waals surface area contributed by atoms with Gasteiger partial charge in [-0.3, -0.25) is 0 Å². The third-order valence-electron chi connectivity index (χ3n) is 4.35. The molecule has 0 spiro atoms. The molecule has 0 saturated heterocycles. The van der Waals surface area contributed by atoms with Gasteiger partial charge in [-0.25, -0.2) is 4.98 Å². The summed E-state index contributed by atoms with van der Waals surface area (Å²) in [6.45, 7) is 0. The van der Waals surface area contributed by atoms with E-state index in [2.05, 4.69) is 20.2 Å². The molecule has 8 nitrogen and oxygen atoms in total. The fourth-order valence-corrected chi connectivity index (χ4v) is 3.75. The number of rotatable bonds is 8. The number of nitrogens with zero attached hydrogens (tertiary/aromatic N) is 2. The number of nitrogens with one attached hydrogen (secondary N) is 2. The minimum atomic E-state index is 0.561. The van der Waals surface area contributed by atoms with Gasteiger partial charge in [0.1, 0.15) is 28.0 Å². The van der Waals surface area contributed by atoms with Crippen molar-refractivity contribution < 1.29 is 18.7 Å². The summed E-state index contributed by atoms with van der Waals surface area (Å²) in [5.41, 5.74) is 1.33. The fraction of sp³-hybridized carbons (Fsp3) is 0.143. The van der Waals surface area contributed by atoms with Crippen LogP contribution in [0.2, 0.25) is 0 Å². The van der Waals surface area contributed by atoms with Crippen LogP contribution in [0, 0.1) is 0 Å². The van der Waals surface area contributed by atoms with Gasteiger partial charge in [-0.1, -0.05) is 17.3 Å².